The molecule has 1 saturated carbocycles. The molecule has 0 saturated heterocycles. The molecule has 0 atom stereocenters. The van der Waals surface area contributed by atoms with Gasteiger partial charge in [-0.15, -0.1) is 0 Å². The third kappa shape index (κ3) is 7.16. The molecule has 1 aromatic heterocycles. The van der Waals surface area contributed by atoms with Crippen LogP contribution in [0.4, 0.5) is 48.6 Å². The summed E-state index contributed by atoms with van der Waals surface area (Å²) in [5.74, 6) is 1.28. The minimum atomic E-state index is -4.99. The summed E-state index contributed by atoms with van der Waals surface area (Å²) in [7, 11) is 3.77. The number of anilines is 3. The van der Waals surface area contributed by atoms with Crippen LogP contribution in [0.2, 0.25) is 0 Å². The molecule has 1 aliphatic rings. The van der Waals surface area contributed by atoms with Crippen molar-refractivity contribution < 1.29 is 31.1 Å². The Bertz CT molecular complexity index is 1060. The molecule has 3 rings (SSSR count). The molecule has 2 amide bonds. The highest BCUT2D eigenvalue weighted by atomic mass is 19.4. The van der Waals surface area contributed by atoms with E-state index in [1.165, 1.54) is 6.92 Å². The van der Waals surface area contributed by atoms with Gasteiger partial charge in [-0.2, -0.15) is 31.3 Å². The van der Waals surface area contributed by atoms with E-state index in [1.54, 1.807) is 6.20 Å². The first-order chi connectivity index (χ1) is 17.2. The Hall–Kier alpha value is -3.25. The summed E-state index contributed by atoms with van der Waals surface area (Å²) >= 11 is 0. The van der Waals surface area contributed by atoms with E-state index in [1.807, 2.05) is 25.9 Å². The Morgan fingerprint density at radius 1 is 0.973 bits per heavy atom. The molecular formula is C24H30F6N6O. The number of amides is 2. The predicted octanol–water partition coefficient (Wildman–Crippen LogP) is 5.85. The van der Waals surface area contributed by atoms with Crippen molar-refractivity contribution in [2.45, 2.75) is 64.0 Å². The van der Waals surface area contributed by atoms with Gasteiger partial charge in [-0.25, -0.2) is 9.78 Å². The summed E-state index contributed by atoms with van der Waals surface area (Å²) in [6.45, 7) is 3.29. The van der Waals surface area contributed by atoms with Gasteiger partial charge >= 0.3 is 18.4 Å². The summed E-state index contributed by atoms with van der Waals surface area (Å²) in [6.07, 6.45) is -5.76. The zero-order valence-electron chi connectivity index (χ0n) is 21.0. The zero-order chi connectivity index (χ0) is 27.5. The minimum absolute atomic E-state index is 0.0444. The number of hydrogen-bond donors (Lipinski definition) is 2. The van der Waals surface area contributed by atoms with E-state index in [0.717, 1.165) is 16.3 Å². The lowest BCUT2D eigenvalue weighted by molar-refractivity contribution is -0.143. The molecule has 0 bridgehead atoms. The number of carbonyl (C=O) groups is 1. The van der Waals surface area contributed by atoms with Crippen molar-refractivity contribution in [3.8, 4) is 0 Å². The second-order valence-corrected chi connectivity index (χ2v) is 9.25. The van der Waals surface area contributed by atoms with Crippen LogP contribution in [0.5, 0.6) is 0 Å². The lowest BCUT2D eigenvalue weighted by Crippen LogP contribution is -2.47. The normalized spacial score (nSPS) is 18.3. The molecule has 1 fully saturated rings. The zero-order valence-corrected chi connectivity index (χ0v) is 21.0. The smallest absolute Gasteiger partial charge is 0.362 e. The van der Waals surface area contributed by atoms with Gasteiger partial charge in [0, 0.05) is 50.2 Å². The van der Waals surface area contributed by atoms with Gasteiger partial charge < -0.3 is 15.5 Å². The average molecular weight is 533 g/mol. The lowest BCUT2D eigenvalue weighted by Gasteiger charge is -2.32. The second kappa shape index (κ2) is 11.0. The summed E-state index contributed by atoms with van der Waals surface area (Å²) in [5, 5.41) is 6.05. The lowest BCUT2D eigenvalue weighted by atomic mass is 9.91. The number of halogens is 6. The number of nitrogens with one attached hydrogen (secondary N) is 2. The molecule has 0 spiro atoms. The van der Waals surface area contributed by atoms with Gasteiger partial charge in [0.1, 0.15) is 5.82 Å². The number of carbonyl (C=O) groups excluding carboxylic acids is 1. The van der Waals surface area contributed by atoms with Crippen LogP contribution < -0.4 is 20.4 Å². The Morgan fingerprint density at radius 2 is 1.51 bits per heavy atom. The number of rotatable bonds is 6. The van der Waals surface area contributed by atoms with Gasteiger partial charge in [0.05, 0.1) is 11.1 Å². The largest absolute Gasteiger partial charge is 0.416 e. The SMILES string of the molecule is CCN(C(=O)N[C@H]1CC[C@@H](Nc2ncc(C)c(N(C)C)n2)CC1)c1cc(C(F)(F)F)cc(C(F)(F)F)c1. The fourth-order valence-electron chi connectivity index (χ4n) is 4.31. The standard InChI is InChI=1S/C24H30F6N6O/c1-5-36(19-11-15(23(25,26)27)10-16(12-19)24(28,29)30)22(37)33-18-8-6-17(7-9-18)32-21-31-13-14(2)20(34-21)35(3)4/h10-13,17-18H,5-9H2,1-4H3,(H,33,37)(H,31,32,34)/t17-,18+. The van der Waals surface area contributed by atoms with E-state index in [0.29, 0.717) is 43.8 Å². The number of aryl methyl sites for hydroxylation is 1. The van der Waals surface area contributed by atoms with Crippen molar-refractivity contribution in [3.63, 3.8) is 0 Å². The fraction of sp³-hybridized carbons (Fsp3) is 0.542. The van der Waals surface area contributed by atoms with Crippen molar-refractivity contribution >= 4 is 23.5 Å². The number of aromatic nitrogens is 2. The number of benzene rings is 1. The highest BCUT2D eigenvalue weighted by Crippen LogP contribution is 2.38. The van der Waals surface area contributed by atoms with E-state index in [-0.39, 0.29) is 24.7 Å². The highest BCUT2D eigenvalue weighted by Gasteiger charge is 2.38. The van der Waals surface area contributed by atoms with Crippen LogP contribution >= 0.6 is 0 Å². The third-order valence-corrected chi connectivity index (χ3v) is 6.20. The molecule has 0 radical (unpaired) electrons. The van der Waals surface area contributed by atoms with E-state index >= 15 is 0 Å². The van der Waals surface area contributed by atoms with Crippen molar-refractivity contribution in [1.29, 1.82) is 0 Å². The predicted molar refractivity (Wildman–Crippen MR) is 129 cm³/mol. The van der Waals surface area contributed by atoms with Crippen LogP contribution in [-0.4, -0.2) is 48.7 Å². The van der Waals surface area contributed by atoms with E-state index in [4.69, 9.17) is 0 Å². The molecule has 2 aromatic rings. The van der Waals surface area contributed by atoms with Crippen LogP contribution in [0.15, 0.2) is 24.4 Å². The number of nitrogens with zero attached hydrogens (tertiary/aromatic N) is 4. The second-order valence-electron chi connectivity index (χ2n) is 9.25. The van der Waals surface area contributed by atoms with E-state index in [9.17, 15) is 31.1 Å². The van der Waals surface area contributed by atoms with Gasteiger partial charge in [-0.05, 0) is 57.7 Å². The van der Waals surface area contributed by atoms with Crippen LogP contribution in [0.1, 0.15) is 49.3 Å². The van der Waals surface area contributed by atoms with Gasteiger partial charge in [-0.3, -0.25) is 4.90 Å². The molecule has 0 aliphatic heterocycles. The minimum Gasteiger partial charge on any atom is -0.362 e. The van der Waals surface area contributed by atoms with Crippen LogP contribution in [0.3, 0.4) is 0 Å². The molecule has 2 N–H and O–H groups in total. The van der Waals surface area contributed by atoms with Crippen molar-refractivity contribution in [2.24, 2.45) is 0 Å². The van der Waals surface area contributed by atoms with Gasteiger partial charge in [0.2, 0.25) is 5.95 Å². The summed E-state index contributed by atoms with van der Waals surface area (Å²) in [6, 6.07) is 0.201. The highest BCUT2D eigenvalue weighted by molar-refractivity contribution is 5.92. The molecule has 13 heteroatoms. The number of alkyl halides is 6. The maximum absolute atomic E-state index is 13.2. The maximum atomic E-state index is 13.2. The summed E-state index contributed by atoms with van der Waals surface area (Å²) in [4.78, 5) is 24.5. The topological polar surface area (TPSA) is 73.4 Å². The molecule has 1 aliphatic carbocycles. The van der Waals surface area contributed by atoms with E-state index in [2.05, 4.69) is 20.6 Å². The summed E-state index contributed by atoms with van der Waals surface area (Å²) < 4.78 is 79.5. The Balaban J connectivity index is 1.66. The van der Waals surface area contributed by atoms with Crippen molar-refractivity contribution in [2.75, 3.05) is 35.8 Å². The molecule has 7 nitrogen and oxygen atoms in total. The third-order valence-electron chi connectivity index (χ3n) is 6.20. The fourth-order valence-corrected chi connectivity index (χ4v) is 4.31. The Labute approximate surface area is 211 Å². The average Bonchev–Trinajstić information content (AvgIpc) is 2.80. The Kier molecular flexibility index (Phi) is 8.43. The maximum Gasteiger partial charge on any atom is 0.416 e. The molecule has 1 heterocycles. The van der Waals surface area contributed by atoms with E-state index < -0.39 is 35.2 Å². The summed E-state index contributed by atoms with van der Waals surface area (Å²) in [5.41, 5.74) is -2.46. The molecule has 204 valence electrons. The van der Waals surface area contributed by atoms with Crippen LogP contribution in [0, 0.1) is 6.92 Å². The molecule has 37 heavy (non-hydrogen) atoms. The molecule has 1 aromatic carbocycles. The first-order valence-corrected chi connectivity index (χ1v) is 11.8. The van der Waals surface area contributed by atoms with Gasteiger partial charge in [-0.1, -0.05) is 0 Å². The van der Waals surface area contributed by atoms with Crippen LogP contribution in [0.25, 0.3) is 0 Å². The van der Waals surface area contributed by atoms with Gasteiger partial charge in [0.15, 0.2) is 0 Å². The van der Waals surface area contributed by atoms with Crippen molar-refractivity contribution in [1.82, 2.24) is 15.3 Å². The molecule has 0 unspecified atom stereocenters. The number of hydrogen-bond acceptors (Lipinski definition) is 5. The van der Waals surface area contributed by atoms with Gasteiger partial charge in [0.25, 0.3) is 0 Å². The first kappa shape index (κ1) is 28.3. The van der Waals surface area contributed by atoms with Crippen LogP contribution in [-0.2, 0) is 12.4 Å². The monoisotopic (exact) mass is 532 g/mol. The Morgan fingerprint density at radius 3 is 2.00 bits per heavy atom. The van der Waals surface area contributed by atoms with Crippen molar-refractivity contribution in [3.05, 3.63) is 41.1 Å². The number of urea groups is 1. The molecular weight excluding hydrogens is 502 g/mol. The quantitative estimate of drug-likeness (QED) is 0.457. The first-order valence-electron chi connectivity index (χ1n) is 11.8.